The third-order valence-electron chi connectivity index (χ3n) is 4.49. The number of aromatic nitrogens is 3. The lowest BCUT2D eigenvalue weighted by atomic mass is 10.1. The van der Waals surface area contributed by atoms with Gasteiger partial charge in [0.1, 0.15) is 17.0 Å². The van der Waals surface area contributed by atoms with Gasteiger partial charge in [-0.15, -0.1) is 10.2 Å². The Balaban J connectivity index is 1.46. The Morgan fingerprint density at radius 3 is 2.89 bits per heavy atom. The van der Waals surface area contributed by atoms with Crippen LogP contribution in [-0.4, -0.2) is 21.3 Å². The first kappa shape index (κ1) is 17.2. The Morgan fingerprint density at radius 2 is 2.11 bits per heavy atom. The molecule has 1 aliphatic carbocycles. The molecule has 0 aliphatic heterocycles. The van der Waals surface area contributed by atoms with Gasteiger partial charge in [-0.1, -0.05) is 47.6 Å². The number of esters is 1. The summed E-state index contributed by atoms with van der Waals surface area (Å²) in [5, 5.41) is 12.2. The van der Waals surface area contributed by atoms with Gasteiger partial charge >= 0.3 is 5.97 Å². The highest BCUT2D eigenvalue weighted by atomic mass is 16.5. The molecule has 0 N–H and O–H groups in total. The number of rotatable bonds is 6. The minimum Gasteiger partial charge on any atom is -0.456 e. The van der Waals surface area contributed by atoms with E-state index < -0.39 is 0 Å². The molecular formula is C20H19N3O4. The summed E-state index contributed by atoms with van der Waals surface area (Å²) < 4.78 is 16.3. The van der Waals surface area contributed by atoms with Crippen LogP contribution < -0.4 is 0 Å². The van der Waals surface area contributed by atoms with Crippen LogP contribution in [0.5, 0.6) is 0 Å². The van der Waals surface area contributed by atoms with E-state index >= 15 is 0 Å². The molecule has 7 heteroatoms. The molecule has 1 aromatic carbocycles. The highest BCUT2D eigenvalue weighted by molar-refractivity contribution is 5.77. The standard InChI is InChI=1S/C20H19N3O4/c1-13-18(19(23-27-13)15-9-3-2-4-10-15)20-22-21-16(26-20)12-25-17(24)11-14-7-5-6-8-14/h2-5,7,9-10,14H,6,8,11-12H2,1H3/t14-/m1/s1. The Hall–Kier alpha value is -3.22. The van der Waals surface area contributed by atoms with Crippen molar-refractivity contribution in [2.75, 3.05) is 0 Å². The summed E-state index contributed by atoms with van der Waals surface area (Å²) in [7, 11) is 0. The molecule has 0 unspecified atom stereocenters. The van der Waals surface area contributed by atoms with Gasteiger partial charge in [-0.2, -0.15) is 0 Å². The minimum absolute atomic E-state index is 0.0483. The average molecular weight is 365 g/mol. The zero-order chi connectivity index (χ0) is 18.6. The van der Waals surface area contributed by atoms with Crippen LogP contribution >= 0.6 is 0 Å². The van der Waals surface area contributed by atoms with Crippen molar-refractivity contribution in [2.24, 2.45) is 5.92 Å². The maximum atomic E-state index is 11.9. The van der Waals surface area contributed by atoms with Gasteiger partial charge in [0.2, 0.25) is 0 Å². The van der Waals surface area contributed by atoms with Crippen molar-refractivity contribution < 1.29 is 18.5 Å². The second-order valence-corrected chi connectivity index (χ2v) is 6.46. The SMILES string of the molecule is Cc1onc(-c2ccccc2)c1-c1nnc(COC(=O)C[C@@H]2C=CCC2)o1. The lowest BCUT2D eigenvalue weighted by molar-refractivity contribution is -0.146. The number of hydrogen-bond donors (Lipinski definition) is 0. The molecule has 138 valence electrons. The summed E-state index contributed by atoms with van der Waals surface area (Å²) in [6.45, 7) is 1.74. The number of allylic oxidation sites excluding steroid dienone is 2. The molecule has 0 fully saturated rings. The van der Waals surface area contributed by atoms with Gasteiger partial charge < -0.3 is 13.7 Å². The summed E-state index contributed by atoms with van der Waals surface area (Å²) in [4.78, 5) is 11.9. The molecule has 2 aromatic heterocycles. The minimum atomic E-state index is -0.266. The van der Waals surface area contributed by atoms with E-state index in [0.29, 0.717) is 23.4 Å². The van der Waals surface area contributed by atoms with Gasteiger partial charge in [-0.05, 0) is 25.7 Å². The lowest BCUT2D eigenvalue weighted by Gasteiger charge is -2.06. The first-order valence-corrected chi connectivity index (χ1v) is 8.87. The summed E-state index contributed by atoms with van der Waals surface area (Å²) in [6.07, 6.45) is 6.54. The van der Waals surface area contributed by atoms with Crippen molar-refractivity contribution in [2.45, 2.75) is 32.8 Å². The van der Waals surface area contributed by atoms with Crippen molar-refractivity contribution in [3.8, 4) is 22.7 Å². The lowest BCUT2D eigenvalue weighted by Crippen LogP contribution is -2.09. The van der Waals surface area contributed by atoms with E-state index in [-0.39, 0.29) is 30.3 Å². The van der Waals surface area contributed by atoms with Gasteiger partial charge in [0.05, 0.1) is 6.42 Å². The molecule has 27 heavy (non-hydrogen) atoms. The molecule has 1 atom stereocenters. The molecule has 0 spiro atoms. The normalized spacial score (nSPS) is 16.0. The van der Waals surface area contributed by atoms with Crippen molar-refractivity contribution in [3.05, 3.63) is 54.1 Å². The number of benzene rings is 1. The molecule has 7 nitrogen and oxygen atoms in total. The van der Waals surface area contributed by atoms with Crippen molar-refractivity contribution in [1.82, 2.24) is 15.4 Å². The van der Waals surface area contributed by atoms with E-state index in [1.165, 1.54) is 0 Å². The molecular weight excluding hydrogens is 346 g/mol. The molecule has 2 heterocycles. The highest BCUT2D eigenvalue weighted by Crippen LogP contribution is 2.33. The monoisotopic (exact) mass is 365 g/mol. The Kier molecular flexibility index (Phi) is 4.82. The molecule has 4 rings (SSSR count). The topological polar surface area (TPSA) is 91.3 Å². The van der Waals surface area contributed by atoms with Crippen LogP contribution in [0.15, 0.2) is 51.4 Å². The van der Waals surface area contributed by atoms with E-state index in [2.05, 4.69) is 27.5 Å². The van der Waals surface area contributed by atoms with E-state index in [0.717, 1.165) is 18.4 Å². The number of ether oxygens (including phenoxy) is 1. The van der Waals surface area contributed by atoms with Gasteiger partial charge in [-0.3, -0.25) is 4.79 Å². The Bertz CT molecular complexity index is 959. The van der Waals surface area contributed by atoms with Crippen molar-refractivity contribution >= 4 is 5.97 Å². The van der Waals surface area contributed by atoms with Crippen LogP contribution in [-0.2, 0) is 16.1 Å². The number of aryl methyl sites for hydroxylation is 1. The number of hydrogen-bond acceptors (Lipinski definition) is 7. The zero-order valence-corrected chi connectivity index (χ0v) is 14.9. The summed E-state index contributed by atoms with van der Waals surface area (Å²) in [5.74, 6) is 1.10. The molecule has 0 saturated heterocycles. The van der Waals surface area contributed by atoms with E-state index in [1.807, 2.05) is 30.3 Å². The van der Waals surface area contributed by atoms with Crippen LogP contribution in [0.1, 0.15) is 30.9 Å². The molecule has 0 saturated carbocycles. The summed E-state index contributed by atoms with van der Waals surface area (Å²) >= 11 is 0. The Labute approximate surface area is 156 Å². The van der Waals surface area contributed by atoms with Crippen LogP contribution in [0.25, 0.3) is 22.7 Å². The average Bonchev–Trinajstić information content (AvgIpc) is 3.42. The van der Waals surface area contributed by atoms with E-state index in [4.69, 9.17) is 13.7 Å². The maximum absolute atomic E-state index is 11.9. The summed E-state index contributed by atoms with van der Waals surface area (Å²) in [5.41, 5.74) is 2.16. The molecule has 0 bridgehead atoms. The Morgan fingerprint density at radius 1 is 1.26 bits per heavy atom. The quantitative estimate of drug-likeness (QED) is 0.480. The number of nitrogens with zero attached hydrogens (tertiary/aromatic N) is 3. The van der Waals surface area contributed by atoms with Gasteiger partial charge in [-0.25, -0.2) is 0 Å². The van der Waals surface area contributed by atoms with Crippen LogP contribution in [0.4, 0.5) is 0 Å². The fourth-order valence-corrected chi connectivity index (χ4v) is 3.11. The van der Waals surface area contributed by atoms with Gasteiger partial charge in [0.15, 0.2) is 6.61 Å². The highest BCUT2D eigenvalue weighted by Gasteiger charge is 2.22. The fraction of sp³-hybridized carbons (Fsp3) is 0.300. The van der Waals surface area contributed by atoms with Crippen molar-refractivity contribution in [1.29, 1.82) is 0 Å². The molecule has 3 aromatic rings. The maximum Gasteiger partial charge on any atom is 0.306 e. The molecule has 0 radical (unpaired) electrons. The third kappa shape index (κ3) is 3.81. The second kappa shape index (κ2) is 7.57. The largest absolute Gasteiger partial charge is 0.456 e. The molecule has 0 amide bonds. The fourth-order valence-electron chi connectivity index (χ4n) is 3.11. The third-order valence-corrected chi connectivity index (χ3v) is 4.49. The van der Waals surface area contributed by atoms with Crippen LogP contribution in [0.3, 0.4) is 0 Å². The zero-order valence-electron chi connectivity index (χ0n) is 14.9. The van der Waals surface area contributed by atoms with Crippen LogP contribution in [0.2, 0.25) is 0 Å². The number of carbonyl (C=O) groups excluding carboxylic acids is 1. The first-order chi connectivity index (χ1) is 13.2. The smallest absolute Gasteiger partial charge is 0.306 e. The summed E-state index contributed by atoms with van der Waals surface area (Å²) in [6, 6.07) is 9.62. The predicted octanol–water partition coefficient (Wildman–Crippen LogP) is 4.10. The molecule has 1 aliphatic rings. The predicted molar refractivity (Wildman–Crippen MR) is 96.2 cm³/mol. The van der Waals surface area contributed by atoms with Gasteiger partial charge in [0.25, 0.3) is 11.8 Å². The first-order valence-electron chi connectivity index (χ1n) is 8.87. The second-order valence-electron chi connectivity index (χ2n) is 6.46. The van der Waals surface area contributed by atoms with Crippen molar-refractivity contribution in [3.63, 3.8) is 0 Å². The number of carbonyl (C=O) groups is 1. The van der Waals surface area contributed by atoms with E-state index in [1.54, 1.807) is 6.92 Å². The van der Waals surface area contributed by atoms with Crippen LogP contribution in [0, 0.1) is 12.8 Å². The van der Waals surface area contributed by atoms with Gasteiger partial charge in [0, 0.05) is 5.56 Å². The van der Waals surface area contributed by atoms with E-state index in [9.17, 15) is 4.79 Å².